The van der Waals surface area contributed by atoms with E-state index >= 15 is 0 Å². The summed E-state index contributed by atoms with van der Waals surface area (Å²) in [5.74, 6) is -0.642. The number of anilines is 1. The number of benzene rings is 1. The van der Waals surface area contributed by atoms with E-state index < -0.39 is 15.8 Å². The van der Waals surface area contributed by atoms with E-state index in [1.54, 1.807) is 18.3 Å². The minimum atomic E-state index is -4.17. The largest absolute Gasteiger partial charge is 0.480 e. The third kappa shape index (κ3) is 4.07. The van der Waals surface area contributed by atoms with Gasteiger partial charge in [0.15, 0.2) is 0 Å². The van der Waals surface area contributed by atoms with Crippen LogP contribution in [0.15, 0.2) is 70.7 Å². The van der Waals surface area contributed by atoms with Gasteiger partial charge in [-0.3, -0.25) is 13.9 Å². The van der Waals surface area contributed by atoms with Crippen LogP contribution in [-0.4, -0.2) is 29.9 Å². The Morgan fingerprint density at radius 3 is 2.65 bits per heavy atom. The van der Waals surface area contributed by atoms with E-state index in [1.807, 2.05) is 0 Å². The van der Waals surface area contributed by atoms with E-state index in [2.05, 4.69) is 14.7 Å². The van der Waals surface area contributed by atoms with E-state index in [9.17, 15) is 17.6 Å². The Balaban J connectivity index is 1.78. The number of aromatic nitrogens is 3. The van der Waals surface area contributed by atoms with Gasteiger partial charge in [-0.2, -0.15) is 0 Å². The highest BCUT2D eigenvalue weighted by molar-refractivity contribution is 7.92. The molecular weight excluding hydrogens is 447 g/mol. The molecule has 0 aliphatic heterocycles. The molecule has 1 N–H and O–H groups in total. The molecule has 158 valence electrons. The van der Waals surface area contributed by atoms with Crippen molar-refractivity contribution in [2.45, 2.75) is 4.90 Å². The van der Waals surface area contributed by atoms with Crippen LogP contribution in [0.2, 0.25) is 5.02 Å². The highest BCUT2D eigenvalue weighted by Crippen LogP contribution is 2.31. The molecule has 0 saturated carbocycles. The lowest BCUT2D eigenvalue weighted by Crippen LogP contribution is -2.15. The van der Waals surface area contributed by atoms with Crippen LogP contribution in [-0.2, 0) is 10.0 Å². The van der Waals surface area contributed by atoms with E-state index in [4.69, 9.17) is 16.3 Å². The van der Waals surface area contributed by atoms with E-state index in [1.165, 1.54) is 36.0 Å². The molecule has 0 aliphatic rings. The fourth-order valence-electron chi connectivity index (χ4n) is 2.94. The number of hydrogen-bond donors (Lipinski definition) is 1. The fourth-order valence-corrected chi connectivity index (χ4v) is 4.52. The van der Waals surface area contributed by atoms with Crippen LogP contribution in [0.4, 0.5) is 10.1 Å². The van der Waals surface area contributed by atoms with Gasteiger partial charge in [0.25, 0.3) is 15.6 Å². The Hall–Kier alpha value is -3.50. The lowest BCUT2D eigenvalue weighted by molar-refractivity contribution is 0.400. The molecule has 3 heterocycles. The van der Waals surface area contributed by atoms with Crippen molar-refractivity contribution in [3.8, 4) is 17.0 Å². The van der Waals surface area contributed by atoms with Crippen LogP contribution in [0.3, 0.4) is 0 Å². The zero-order valence-electron chi connectivity index (χ0n) is 15.9. The molecule has 4 rings (SSSR count). The van der Waals surface area contributed by atoms with E-state index in [-0.39, 0.29) is 27.0 Å². The maximum Gasteiger partial charge on any atom is 0.263 e. The summed E-state index contributed by atoms with van der Waals surface area (Å²) in [6.07, 6.45) is 4.47. The molecule has 8 nitrogen and oxygen atoms in total. The Bertz CT molecular complexity index is 1470. The third-order valence-electron chi connectivity index (χ3n) is 4.39. The molecule has 1 aromatic carbocycles. The molecule has 0 aliphatic carbocycles. The lowest BCUT2D eigenvalue weighted by Gasteiger charge is -2.13. The SMILES string of the molecule is COc1ncc(-c2ccc3nccc(=O)n3c2)cc1NS(=O)(=O)c1ccc(F)cc1Cl. The fraction of sp³-hybridized carbons (Fsp3) is 0.0500. The molecule has 31 heavy (non-hydrogen) atoms. The van der Waals surface area contributed by atoms with Gasteiger partial charge >= 0.3 is 0 Å². The first kappa shape index (κ1) is 20.8. The van der Waals surface area contributed by atoms with E-state index in [0.29, 0.717) is 16.8 Å². The maximum absolute atomic E-state index is 13.3. The first-order chi connectivity index (χ1) is 14.8. The predicted octanol–water partition coefficient (Wildman–Crippen LogP) is 3.36. The molecule has 3 aromatic heterocycles. The van der Waals surface area contributed by atoms with Crippen LogP contribution >= 0.6 is 11.6 Å². The van der Waals surface area contributed by atoms with Crippen molar-refractivity contribution in [3.05, 3.63) is 82.2 Å². The number of nitrogens with zero attached hydrogens (tertiary/aromatic N) is 3. The van der Waals surface area contributed by atoms with Gasteiger partial charge in [-0.1, -0.05) is 11.6 Å². The number of fused-ring (bicyclic) bond motifs is 1. The van der Waals surface area contributed by atoms with E-state index in [0.717, 1.165) is 18.2 Å². The molecule has 0 radical (unpaired) electrons. The second-order valence-corrected chi connectivity index (χ2v) is 8.45. The topological polar surface area (TPSA) is 103 Å². The van der Waals surface area contributed by atoms with Gasteiger partial charge < -0.3 is 4.74 Å². The van der Waals surface area contributed by atoms with Crippen molar-refractivity contribution in [1.82, 2.24) is 14.4 Å². The molecular formula is C20H14ClFN4O4S. The van der Waals surface area contributed by atoms with Crippen molar-refractivity contribution >= 4 is 33.0 Å². The van der Waals surface area contributed by atoms with Gasteiger partial charge in [0.05, 0.1) is 12.1 Å². The summed E-state index contributed by atoms with van der Waals surface area (Å²) in [5.41, 5.74) is 1.35. The molecule has 4 aromatic rings. The number of hydrogen-bond acceptors (Lipinski definition) is 6. The van der Waals surface area contributed by atoms with Crippen LogP contribution in [0.5, 0.6) is 5.88 Å². The average molecular weight is 461 g/mol. The summed E-state index contributed by atoms with van der Waals surface area (Å²) < 4.78 is 47.8. The number of methoxy groups -OCH3 is 1. The van der Waals surface area contributed by atoms with Gasteiger partial charge in [-0.05, 0) is 36.4 Å². The first-order valence-corrected chi connectivity index (χ1v) is 10.6. The van der Waals surface area contributed by atoms with Gasteiger partial charge in [0, 0.05) is 35.8 Å². The zero-order valence-corrected chi connectivity index (χ0v) is 17.5. The number of pyridine rings is 2. The molecule has 0 fully saturated rings. The third-order valence-corrected chi connectivity index (χ3v) is 6.24. The van der Waals surface area contributed by atoms with Crippen LogP contribution in [0.25, 0.3) is 16.8 Å². The van der Waals surface area contributed by atoms with Crippen LogP contribution in [0.1, 0.15) is 0 Å². The average Bonchev–Trinajstić information content (AvgIpc) is 2.73. The second-order valence-electron chi connectivity index (χ2n) is 6.39. The summed E-state index contributed by atoms with van der Waals surface area (Å²) in [4.78, 5) is 20.0. The molecule has 0 atom stereocenters. The molecule has 0 spiro atoms. The van der Waals surface area contributed by atoms with Gasteiger partial charge in [-0.15, -0.1) is 0 Å². The standard InChI is InChI=1S/C20H14ClFN4O4S/c1-30-20-16(25-31(28,29)17-4-3-14(22)9-15(17)21)8-13(10-24-20)12-2-5-18-23-7-6-19(27)26(18)11-12/h2-11,25H,1H3. The molecule has 0 unspecified atom stereocenters. The Morgan fingerprint density at radius 2 is 1.90 bits per heavy atom. The Labute approximate surface area is 181 Å². The first-order valence-electron chi connectivity index (χ1n) is 8.78. The summed E-state index contributed by atoms with van der Waals surface area (Å²) in [5, 5.41) is -0.267. The van der Waals surface area contributed by atoms with Gasteiger partial charge in [0.2, 0.25) is 5.88 Å². The van der Waals surface area contributed by atoms with Crippen molar-refractivity contribution in [1.29, 1.82) is 0 Å². The highest BCUT2D eigenvalue weighted by atomic mass is 35.5. The summed E-state index contributed by atoms with van der Waals surface area (Å²) >= 11 is 5.91. The Morgan fingerprint density at radius 1 is 1.10 bits per heavy atom. The highest BCUT2D eigenvalue weighted by Gasteiger charge is 2.21. The summed E-state index contributed by atoms with van der Waals surface area (Å²) in [6, 6.07) is 9.17. The van der Waals surface area contributed by atoms with Crippen LogP contribution < -0.4 is 15.0 Å². The minimum Gasteiger partial charge on any atom is -0.480 e. The molecule has 0 bridgehead atoms. The van der Waals surface area contributed by atoms with Crippen molar-refractivity contribution in [2.24, 2.45) is 0 Å². The zero-order chi connectivity index (χ0) is 22.2. The monoisotopic (exact) mass is 460 g/mol. The number of rotatable bonds is 5. The predicted molar refractivity (Wildman–Crippen MR) is 113 cm³/mol. The summed E-state index contributed by atoms with van der Waals surface area (Å²) in [7, 11) is -2.83. The molecule has 11 heteroatoms. The van der Waals surface area contributed by atoms with Gasteiger partial charge in [-0.25, -0.2) is 22.8 Å². The minimum absolute atomic E-state index is 0.0187. The normalized spacial score (nSPS) is 11.5. The smallest absolute Gasteiger partial charge is 0.263 e. The van der Waals surface area contributed by atoms with Crippen LogP contribution in [0, 0.1) is 5.82 Å². The van der Waals surface area contributed by atoms with Crippen molar-refractivity contribution in [2.75, 3.05) is 11.8 Å². The number of sulfonamides is 1. The Kier molecular flexibility index (Phi) is 5.34. The summed E-state index contributed by atoms with van der Waals surface area (Å²) in [6.45, 7) is 0. The van der Waals surface area contributed by atoms with Gasteiger partial charge in [0.1, 0.15) is 22.0 Å². The molecule has 0 amide bonds. The number of nitrogens with one attached hydrogen (secondary N) is 1. The number of halogens is 2. The van der Waals surface area contributed by atoms with Crippen molar-refractivity contribution in [3.63, 3.8) is 0 Å². The number of ether oxygens (including phenoxy) is 1. The van der Waals surface area contributed by atoms with Crippen molar-refractivity contribution < 1.29 is 17.5 Å². The lowest BCUT2D eigenvalue weighted by atomic mass is 10.1. The quantitative estimate of drug-likeness (QED) is 0.490. The second kappa shape index (κ2) is 7.97. The maximum atomic E-state index is 13.3. The molecule has 0 saturated heterocycles.